The van der Waals surface area contributed by atoms with Gasteiger partial charge < -0.3 is 11.1 Å². The summed E-state index contributed by atoms with van der Waals surface area (Å²) in [5, 5.41) is 4.08. The van der Waals surface area contributed by atoms with Crippen LogP contribution in [0.3, 0.4) is 0 Å². The molecule has 1 rings (SSSR count). The van der Waals surface area contributed by atoms with Gasteiger partial charge in [-0.05, 0) is 25.5 Å². The fraction of sp³-hybridized carbons (Fsp3) is 0.889. The number of thioether (sulfide) groups is 1. The van der Waals surface area contributed by atoms with Gasteiger partial charge in [-0.25, -0.2) is 0 Å². The molecular formula is C9H18N2OS. The molecule has 4 heteroatoms. The lowest BCUT2D eigenvalue weighted by molar-refractivity contribution is -0.118. The molecule has 3 N–H and O–H groups in total. The van der Waals surface area contributed by atoms with Gasteiger partial charge in [0.15, 0.2) is 0 Å². The van der Waals surface area contributed by atoms with Crippen molar-refractivity contribution >= 4 is 17.7 Å². The standard InChI is InChI=1S/C9H18N2OS/c1-7(5-9(10)12)11-6-8-3-2-4-13-8/h7-8,11H,2-6H2,1H3,(H2,10,12). The van der Waals surface area contributed by atoms with Crippen LogP contribution in [0.25, 0.3) is 0 Å². The average Bonchev–Trinajstić information content (AvgIpc) is 2.51. The molecule has 0 radical (unpaired) electrons. The van der Waals surface area contributed by atoms with Crippen molar-refractivity contribution < 1.29 is 4.79 Å². The van der Waals surface area contributed by atoms with E-state index in [4.69, 9.17) is 5.73 Å². The zero-order valence-corrected chi connectivity index (χ0v) is 8.90. The molecule has 0 aliphatic carbocycles. The quantitative estimate of drug-likeness (QED) is 0.691. The number of primary amides is 1. The molecule has 1 fully saturated rings. The fourth-order valence-corrected chi connectivity index (χ4v) is 2.73. The topological polar surface area (TPSA) is 55.1 Å². The van der Waals surface area contributed by atoms with Crippen molar-refractivity contribution in [2.24, 2.45) is 5.73 Å². The summed E-state index contributed by atoms with van der Waals surface area (Å²) in [5.41, 5.74) is 5.09. The molecule has 0 aromatic rings. The molecule has 13 heavy (non-hydrogen) atoms. The van der Waals surface area contributed by atoms with Crippen LogP contribution in [0.2, 0.25) is 0 Å². The van der Waals surface area contributed by atoms with E-state index in [0.29, 0.717) is 6.42 Å². The van der Waals surface area contributed by atoms with Gasteiger partial charge in [0.2, 0.25) is 5.91 Å². The van der Waals surface area contributed by atoms with Crippen LogP contribution >= 0.6 is 11.8 Å². The highest BCUT2D eigenvalue weighted by atomic mass is 32.2. The Bertz CT molecular complexity index is 169. The predicted octanol–water partition coefficient (Wildman–Crippen LogP) is 0.735. The summed E-state index contributed by atoms with van der Waals surface area (Å²) in [7, 11) is 0. The average molecular weight is 202 g/mol. The number of amides is 1. The number of nitrogens with one attached hydrogen (secondary N) is 1. The maximum atomic E-state index is 10.6. The molecule has 0 aromatic carbocycles. The Labute approximate surface area is 83.8 Å². The minimum atomic E-state index is -0.223. The highest BCUT2D eigenvalue weighted by Crippen LogP contribution is 2.25. The van der Waals surface area contributed by atoms with Crippen LogP contribution in [0.4, 0.5) is 0 Å². The Hall–Kier alpha value is -0.220. The molecule has 0 aromatic heterocycles. The van der Waals surface area contributed by atoms with Crippen molar-refractivity contribution in [1.82, 2.24) is 5.32 Å². The van der Waals surface area contributed by atoms with E-state index in [1.54, 1.807) is 0 Å². The van der Waals surface area contributed by atoms with Gasteiger partial charge in [-0.1, -0.05) is 0 Å². The number of nitrogens with two attached hydrogens (primary N) is 1. The summed E-state index contributed by atoms with van der Waals surface area (Å²) in [4.78, 5) is 10.6. The molecule has 1 aliphatic rings. The normalized spacial score (nSPS) is 24.5. The van der Waals surface area contributed by atoms with Crippen LogP contribution in [0.5, 0.6) is 0 Å². The predicted molar refractivity (Wildman–Crippen MR) is 56.8 cm³/mol. The number of carbonyl (C=O) groups is 1. The van der Waals surface area contributed by atoms with Crippen LogP contribution in [0.15, 0.2) is 0 Å². The van der Waals surface area contributed by atoms with E-state index >= 15 is 0 Å². The molecule has 0 spiro atoms. The molecule has 1 aliphatic heterocycles. The molecule has 1 heterocycles. The number of rotatable bonds is 5. The third-order valence-corrected chi connectivity index (χ3v) is 3.62. The van der Waals surface area contributed by atoms with Crippen LogP contribution in [-0.2, 0) is 4.79 Å². The van der Waals surface area contributed by atoms with Crippen LogP contribution in [0.1, 0.15) is 26.2 Å². The third kappa shape index (κ3) is 4.52. The minimum Gasteiger partial charge on any atom is -0.370 e. The minimum absolute atomic E-state index is 0.221. The van der Waals surface area contributed by atoms with Gasteiger partial charge in [0.05, 0.1) is 0 Å². The lowest BCUT2D eigenvalue weighted by Gasteiger charge is -2.15. The van der Waals surface area contributed by atoms with Crippen molar-refractivity contribution in [1.29, 1.82) is 0 Å². The smallest absolute Gasteiger partial charge is 0.218 e. The monoisotopic (exact) mass is 202 g/mol. The Balaban J connectivity index is 2.06. The lowest BCUT2D eigenvalue weighted by Crippen LogP contribution is -2.34. The van der Waals surface area contributed by atoms with Gasteiger partial charge in [0.25, 0.3) is 0 Å². The van der Waals surface area contributed by atoms with Crippen molar-refractivity contribution in [2.45, 2.75) is 37.5 Å². The van der Waals surface area contributed by atoms with Gasteiger partial charge in [-0.2, -0.15) is 11.8 Å². The summed E-state index contributed by atoms with van der Waals surface area (Å²) in [6, 6.07) is 0.221. The van der Waals surface area contributed by atoms with Gasteiger partial charge in [-0.15, -0.1) is 0 Å². The summed E-state index contributed by atoms with van der Waals surface area (Å²) < 4.78 is 0. The maximum Gasteiger partial charge on any atom is 0.218 e. The number of hydrogen-bond donors (Lipinski definition) is 2. The largest absolute Gasteiger partial charge is 0.370 e. The zero-order chi connectivity index (χ0) is 9.68. The molecule has 2 unspecified atom stereocenters. The van der Waals surface area contributed by atoms with E-state index in [1.807, 2.05) is 18.7 Å². The lowest BCUT2D eigenvalue weighted by atomic mass is 10.2. The van der Waals surface area contributed by atoms with Gasteiger partial charge in [-0.3, -0.25) is 4.79 Å². The van der Waals surface area contributed by atoms with Gasteiger partial charge in [0, 0.05) is 24.3 Å². The summed E-state index contributed by atoms with van der Waals surface area (Å²) in [5.74, 6) is 1.07. The van der Waals surface area contributed by atoms with Crippen molar-refractivity contribution in [3.8, 4) is 0 Å². The zero-order valence-electron chi connectivity index (χ0n) is 8.08. The van der Waals surface area contributed by atoms with E-state index < -0.39 is 0 Å². The second-order valence-corrected chi connectivity index (χ2v) is 5.02. The highest BCUT2D eigenvalue weighted by molar-refractivity contribution is 8.00. The molecule has 76 valence electrons. The molecule has 1 amide bonds. The second kappa shape index (κ2) is 5.50. The first-order chi connectivity index (χ1) is 6.18. The van der Waals surface area contributed by atoms with Gasteiger partial charge in [0.1, 0.15) is 0 Å². The molecule has 2 atom stereocenters. The van der Waals surface area contributed by atoms with E-state index in [2.05, 4.69) is 5.32 Å². The fourth-order valence-electron chi connectivity index (χ4n) is 1.51. The molecule has 0 bridgehead atoms. The Morgan fingerprint density at radius 3 is 3.08 bits per heavy atom. The van der Waals surface area contributed by atoms with E-state index in [9.17, 15) is 4.79 Å². The van der Waals surface area contributed by atoms with Crippen molar-refractivity contribution in [3.63, 3.8) is 0 Å². The Morgan fingerprint density at radius 2 is 2.54 bits per heavy atom. The van der Waals surface area contributed by atoms with Gasteiger partial charge >= 0.3 is 0 Å². The highest BCUT2D eigenvalue weighted by Gasteiger charge is 2.16. The van der Waals surface area contributed by atoms with E-state index in [-0.39, 0.29) is 11.9 Å². The SMILES string of the molecule is CC(CC(N)=O)NCC1CCCS1. The Kier molecular flexibility index (Phi) is 4.59. The third-order valence-electron chi connectivity index (χ3n) is 2.23. The van der Waals surface area contributed by atoms with E-state index in [0.717, 1.165) is 11.8 Å². The first-order valence-electron chi connectivity index (χ1n) is 4.82. The summed E-state index contributed by atoms with van der Waals surface area (Å²) >= 11 is 2.02. The van der Waals surface area contributed by atoms with Crippen molar-refractivity contribution in [3.05, 3.63) is 0 Å². The van der Waals surface area contributed by atoms with Crippen LogP contribution < -0.4 is 11.1 Å². The van der Waals surface area contributed by atoms with Crippen molar-refractivity contribution in [2.75, 3.05) is 12.3 Å². The van der Waals surface area contributed by atoms with Crippen LogP contribution in [-0.4, -0.2) is 29.5 Å². The first kappa shape index (κ1) is 10.9. The summed E-state index contributed by atoms with van der Waals surface area (Å²) in [6.45, 7) is 3.02. The molecule has 1 saturated heterocycles. The first-order valence-corrected chi connectivity index (χ1v) is 5.86. The molecule has 0 saturated carbocycles. The second-order valence-electron chi connectivity index (χ2n) is 3.61. The molecule has 3 nitrogen and oxygen atoms in total. The number of hydrogen-bond acceptors (Lipinski definition) is 3. The summed E-state index contributed by atoms with van der Waals surface area (Å²) in [6.07, 6.45) is 3.08. The van der Waals surface area contributed by atoms with E-state index in [1.165, 1.54) is 18.6 Å². The Morgan fingerprint density at radius 1 is 1.77 bits per heavy atom. The molecular weight excluding hydrogens is 184 g/mol. The maximum absolute atomic E-state index is 10.6. The number of carbonyl (C=O) groups excluding carboxylic acids is 1. The van der Waals surface area contributed by atoms with Crippen LogP contribution in [0, 0.1) is 0 Å².